The molecule has 3 atom stereocenters. The maximum absolute atomic E-state index is 13.6. The highest BCUT2D eigenvalue weighted by Gasteiger charge is 2.35. The van der Waals surface area contributed by atoms with Crippen LogP contribution in [-0.2, 0) is 40.4 Å². The molecule has 7 rings (SSSR count). The Labute approximate surface area is 322 Å². The number of carbonyl (C=O) groups excluding carboxylic acids is 2. The van der Waals surface area contributed by atoms with Crippen molar-refractivity contribution in [3.05, 3.63) is 140 Å². The number of halogens is 2. The van der Waals surface area contributed by atoms with Crippen molar-refractivity contribution in [3.63, 3.8) is 0 Å². The van der Waals surface area contributed by atoms with Crippen LogP contribution in [0.1, 0.15) is 45.2 Å². The number of nitrogens with one attached hydrogen (secondary N) is 1. The Kier molecular flexibility index (Phi) is 10.8. The fourth-order valence-corrected chi connectivity index (χ4v) is 7.06. The predicted octanol–water partition coefficient (Wildman–Crippen LogP) is 7.46. The lowest BCUT2D eigenvalue weighted by atomic mass is 9.92. The van der Waals surface area contributed by atoms with Crippen LogP contribution >= 0.6 is 23.2 Å². The number of ether oxygens (including phenoxy) is 3. The van der Waals surface area contributed by atoms with Crippen LogP contribution in [0.2, 0.25) is 10.0 Å². The van der Waals surface area contributed by atoms with Crippen LogP contribution in [0.25, 0.3) is 11.1 Å². The quantitative estimate of drug-likeness (QED) is 0.133. The van der Waals surface area contributed by atoms with Crippen molar-refractivity contribution >= 4 is 41.5 Å². The SMILES string of the molecule is Cc1nccc(-c2ccc(C[C@H](NC(=O)[C@@H]3Cc4cc5c(cc4CN3C=O)O[C@@H](c3ccc(OCc4ccc(Cl)c(Cl)c4)cc3)CO5)C(=O)O)cc2)c1C. The average molecular weight is 767 g/mol. The topological polar surface area (TPSA) is 127 Å². The van der Waals surface area contributed by atoms with E-state index in [0.717, 1.165) is 50.2 Å². The summed E-state index contributed by atoms with van der Waals surface area (Å²) in [4.78, 5) is 43.8. The first-order valence-corrected chi connectivity index (χ1v) is 18.2. The van der Waals surface area contributed by atoms with Gasteiger partial charge < -0.3 is 29.5 Å². The summed E-state index contributed by atoms with van der Waals surface area (Å²) in [6, 6.07) is 24.1. The molecule has 0 spiro atoms. The highest BCUT2D eigenvalue weighted by molar-refractivity contribution is 6.42. The number of benzene rings is 4. The van der Waals surface area contributed by atoms with Gasteiger partial charge in [-0.25, -0.2) is 4.79 Å². The lowest BCUT2D eigenvalue weighted by Gasteiger charge is -2.35. The van der Waals surface area contributed by atoms with Crippen molar-refractivity contribution in [3.8, 4) is 28.4 Å². The lowest BCUT2D eigenvalue weighted by Crippen LogP contribution is -2.54. The minimum absolute atomic E-state index is 0.0778. The molecule has 0 unspecified atom stereocenters. The smallest absolute Gasteiger partial charge is 0.326 e. The van der Waals surface area contributed by atoms with Gasteiger partial charge in [0, 0.05) is 31.3 Å². The van der Waals surface area contributed by atoms with Crippen molar-refractivity contribution in [2.24, 2.45) is 0 Å². The van der Waals surface area contributed by atoms with E-state index in [1.807, 2.05) is 86.6 Å². The molecule has 0 fully saturated rings. The van der Waals surface area contributed by atoms with Gasteiger partial charge in [-0.2, -0.15) is 0 Å². The third-order valence-corrected chi connectivity index (χ3v) is 10.7. The van der Waals surface area contributed by atoms with E-state index in [4.69, 9.17) is 37.4 Å². The van der Waals surface area contributed by atoms with Gasteiger partial charge in [0.2, 0.25) is 12.3 Å². The average Bonchev–Trinajstić information content (AvgIpc) is 3.18. The Morgan fingerprint density at radius 3 is 2.43 bits per heavy atom. The number of aromatic nitrogens is 1. The fourth-order valence-electron chi connectivity index (χ4n) is 6.74. The summed E-state index contributed by atoms with van der Waals surface area (Å²) in [6.07, 6.45) is 2.27. The van der Waals surface area contributed by atoms with Crippen LogP contribution in [0.5, 0.6) is 17.2 Å². The van der Waals surface area contributed by atoms with Crippen molar-refractivity contribution < 1.29 is 33.7 Å². The fraction of sp³-hybridized carbons (Fsp3) is 0.238. The molecule has 10 nitrogen and oxygen atoms in total. The number of hydrogen-bond acceptors (Lipinski definition) is 7. The second-order valence-corrected chi connectivity index (χ2v) is 14.3. The Balaban J connectivity index is 0.985. The second-order valence-electron chi connectivity index (χ2n) is 13.5. The molecule has 3 heterocycles. The minimum atomic E-state index is -1.19. The molecule has 4 aromatic carbocycles. The minimum Gasteiger partial charge on any atom is -0.489 e. The number of carbonyl (C=O) groups is 3. The summed E-state index contributed by atoms with van der Waals surface area (Å²) >= 11 is 12.1. The van der Waals surface area contributed by atoms with Gasteiger partial charge in [0.25, 0.3) is 0 Å². The highest BCUT2D eigenvalue weighted by atomic mass is 35.5. The van der Waals surface area contributed by atoms with Crippen LogP contribution in [0, 0.1) is 13.8 Å². The molecule has 0 radical (unpaired) electrons. The molecule has 0 saturated heterocycles. The monoisotopic (exact) mass is 765 g/mol. The van der Waals surface area contributed by atoms with E-state index in [1.165, 1.54) is 4.90 Å². The van der Waals surface area contributed by atoms with E-state index in [2.05, 4.69) is 10.3 Å². The summed E-state index contributed by atoms with van der Waals surface area (Å²) in [5, 5.41) is 13.7. The van der Waals surface area contributed by atoms with Crippen molar-refractivity contribution in [2.45, 2.75) is 58.0 Å². The summed E-state index contributed by atoms with van der Waals surface area (Å²) in [5.41, 5.74) is 8.24. The Morgan fingerprint density at radius 1 is 0.963 bits per heavy atom. The molecule has 1 aromatic heterocycles. The van der Waals surface area contributed by atoms with Crippen LogP contribution in [0.15, 0.2) is 91.1 Å². The van der Waals surface area contributed by atoms with Gasteiger partial charge in [-0.15, -0.1) is 0 Å². The van der Waals surface area contributed by atoms with Crippen LogP contribution in [-0.4, -0.2) is 52.0 Å². The number of rotatable bonds is 11. The van der Waals surface area contributed by atoms with Gasteiger partial charge in [-0.05, 0) is 101 Å². The van der Waals surface area contributed by atoms with Gasteiger partial charge >= 0.3 is 5.97 Å². The molecule has 2 amide bonds. The predicted molar refractivity (Wildman–Crippen MR) is 204 cm³/mol. The number of aliphatic carboxylic acids is 1. The first-order chi connectivity index (χ1) is 26.1. The van der Waals surface area contributed by atoms with Gasteiger partial charge in [0.15, 0.2) is 17.6 Å². The highest BCUT2D eigenvalue weighted by Crippen LogP contribution is 2.41. The third-order valence-electron chi connectivity index (χ3n) is 9.95. The van der Waals surface area contributed by atoms with Crippen LogP contribution < -0.4 is 19.5 Å². The Bertz CT molecular complexity index is 2210. The standard InChI is InChI=1S/C42H37Cl2N3O7/c1-24-25(2)45-14-13-33(24)28-6-3-26(4-7-28)16-36(42(50)51)46-41(49)37-17-30-18-38-39(19-31(30)20-47(37)23-48)54-40(22-53-38)29-8-10-32(11-9-29)52-21-27-5-12-34(43)35(44)15-27/h3-15,18-19,23,36-37,40H,16-17,20-22H2,1-2H3,(H,46,49)(H,50,51)/t36-,37-,40+/m0/s1. The van der Waals surface area contributed by atoms with E-state index < -0.39 is 24.0 Å². The van der Waals surface area contributed by atoms with Crippen molar-refractivity contribution in [1.82, 2.24) is 15.2 Å². The first-order valence-electron chi connectivity index (χ1n) is 17.4. The van der Waals surface area contributed by atoms with Gasteiger partial charge in [-0.3, -0.25) is 14.6 Å². The number of nitrogens with zero attached hydrogens (tertiary/aromatic N) is 2. The van der Waals surface area contributed by atoms with E-state index in [-0.39, 0.29) is 32.1 Å². The Hall–Kier alpha value is -5.58. The number of amides is 2. The van der Waals surface area contributed by atoms with E-state index in [0.29, 0.717) is 40.3 Å². The maximum atomic E-state index is 13.6. The number of hydrogen-bond donors (Lipinski definition) is 2. The molecule has 0 saturated carbocycles. The maximum Gasteiger partial charge on any atom is 0.326 e. The molecule has 5 aromatic rings. The summed E-state index contributed by atoms with van der Waals surface area (Å²) < 4.78 is 18.4. The summed E-state index contributed by atoms with van der Waals surface area (Å²) in [6.45, 7) is 4.72. The molecule has 54 heavy (non-hydrogen) atoms. The molecule has 2 aliphatic rings. The molecule has 276 valence electrons. The summed E-state index contributed by atoms with van der Waals surface area (Å²) in [7, 11) is 0. The zero-order chi connectivity index (χ0) is 37.9. The molecular weight excluding hydrogens is 729 g/mol. The molecule has 0 aliphatic carbocycles. The number of carboxylic acids is 1. The first kappa shape index (κ1) is 36.8. The van der Waals surface area contributed by atoms with Crippen molar-refractivity contribution in [2.75, 3.05) is 6.61 Å². The van der Waals surface area contributed by atoms with Crippen LogP contribution in [0.3, 0.4) is 0 Å². The number of pyridine rings is 1. The van der Waals surface area contributed by atoms with Gasteiger partial charge in [0.1, 0.15) is 31.0 Å². The zero-order valence-corrected chi connectivity index (χ0v) is 31.1. The van der Waals surface area contributed by atoms with Crippen molar-refractivity contribution in [1.29, 1.82) is 0 Å². The molecule has 12 heteroatoms. The van der Waals surface area contributed by atoms with E-state index in [1.54, 1.807) is 18.3 Å². The van der Waals surface area contributed by atoms with E-state index in [9.17, 15) is 19.5 Å². The summed E-state index contributed by atoms with van der Waals surface area (Å²) in [5.74, 6) is 0.0404. The van der Waals surface area contributed by atoms with Gasteiger partial charge in [-0.1, -0.05) is 65.7 Å². The number of carboxylic acid groups (broad SMARTS) is 1. The third kappa shape index (κ3) is 8.00. The Morgan fingerprint density at radius 2 is 1.70 bits per heavy atom. The van der Waals surface area contributed by atoms with E-state index >= 15 is 0 Å². The molecular formula is C42H37Cl2N3O7. The van der Waals surface area contributed by atoms with Gasteiger partial charge in [0.05, 0.1) is 10.0 Å². The largest absolute Gasteiger partial charge is 0.489 e. The number of fused-ring (bicyclic) bond motifs is 2. The molecule has 2 N–H and O–H groups in total. The zero-order valence-electron chi connectivity index (χ0n) is 29.6. The molecule has 2 aliphatic heterocycles. The number of aryl methyl sites for hydroxylation is 1. The lowest BCUT2D eigenvalue weighted by molar-refractivity contribution is -0.143. The molecule has 0 bridgehead atoms. The second kappa shape index (κ2) is 15.8. The normalized spacial score (nSPS) is 16.6. The van der Waals surface area contributed by atoms with Crippen LogP contribution in [0.4, 0.5) is 0 Å².